The van der Waals surface area contributed by atoms with E-state index in [9.17, 15) is 9.59 Å². The quantitative estimate of drug-likeness (QED) is 0.659. The summed E-state index contributed by atoms with van der Waals surface area (Å²) in [6, 6.07) is 9.26. The highest BCUT2D eigenvalue weighted by Crippen LogP contribution is 2.27. The first-order valence-electron chi connectivity index (χ1n) is 8.42. The number of ether oxygens (including phenoxy) is 1. The van der Waals surface area contributed by atoms with Crippen LogP contribution < -0.4 is 21.1 Å². The van der Waals surface area contributed by atoms with Crippen LogP contribution in [-0.4, -0.2) is 31.5 Å². The number of nitrogens with two attached hydrogens (primary N) is 1. The molecule has 26 heavy (non-hydrogen) atoms. The molecular weight excluding hydrogens is 350 g/mol. The number of nitrogens with one attached hydrogen (secondary N) is 2. The molecule has 0 saturated carbocycles. The molecule has 0 fully saturated rings. The number of carbonyl (C=O) groups excluding carboxylic acids is 2. The summed E-state index contributed by atoms with van der Waals surface area (Å²) in [6.07, 6.45) is 0. The fourth-order valence-electron chi connectivity index (χ4n) is 2.24. The number of amides is 2. The van der Waals surface area contributed by atoms with Gasteiger partial charge in [0.05, 0.1) is 26.2 Å². The van der Waals surface area contributed by atoms with Gasteiger partial charge in [-0.15, -0.1) is 11.3 Å². The van der Waals surface area contributed by atoms with Crippen LogP contribution in [0.5, 0.6) is 5.75 Å². The molecule has 2 aromatic rings. The molecule has 0 saturated heterocycles. The summed E-state index contributed by atoms with van der Waals surface area (Å²) in [5.41, 5.74) is 7.93. The molecule has 0 radical (unpaired) electrons. The third kappa shape index (κ3) is 5.57. The van der Waals surface area contributed by atoms with Gasteiger partial charge >= 0.3 is 0 Å². The van der Waals surface area contributed by atoms with Gasteiger partial charge in [-0.2, -0.15) is 0 Å². The second kappa shape index (κ2) is 9.35. The lowest BCUT2D eigenvalue weighted by Crippen LogP contribution is -2.47. The van der Waals surface area contributed by atoms with E-state index in [-0.39, 0.29) is 24.3 Å². The van der Waals surface area contributed by atoms with Gasteiger partial charge in [-0.3, -0.25) is 9.59 Å². The van der Waals surface area contributed by atoms with E-state index >= 15 is 0 Å². The lowest BCUT2D eigenvalue weighted by molar-refractivity contribution is -0.127. The molecule has 6 nitrogen and oxygen atoms in total. The van der Waals surface area contributed by atoms with Crippen molar-refractivity contribution in [3.05, 3.63) is 40.6 Å². The first kappa shape index (κ1) is 19.9. The third-order valence-electron chi connectivity index (χ3n) is 3.98. The van der Waals surface area contributed by atoms with Crippen molar-refractivity contribution in [2.45, 2.75) is 26.4 Å². The predicted octanol–water partition coefficient (Wildman–Crippen LogP) is 2.14. The summed E-state index contributed by atoms with van der Waals surface area (Å²) in [7, 11) is 1.64. The van der Waals surface area contributed by atoms with E-state index in [0.717, 1.165) is 21.8 Å². The lowest BCUT2D eigenvalue weighted by atomic mass is 10.1. The molecule has 0 bridgehead atoms. The first-order chi connectivity index (χ1) is 12.4. The standard InChI is InChI=1S/C19H25N3O3S/c1-12(2)18(20)19(24)22-10-17(23)21-9-16-8-14(11-26-16)13-4-6-15(25-3)7-5-13/h4-8,11-12,18H,9-10,20H2,1-3H3,(H,21,23)(H,22,24)/t18-/m0/s1. The van der Waals surface area contributed by atoms with Crippen molar-refractivity contribution >= 4 is 23.2 Å². The number of carbonyl (C=O) groups is 2. The molecular formula is C19H25N3O3S. The van der Waals surface area contributed by atoms with Gasteiger partial charge < -0.3 is 21.1 Å². The fraction of sp³-hybridized carbons (Fsp3) is 0.368. The average molecular weight is 375 g/mol. The highest BCUT2D eigenvalue weighted by atomic mass is 32.1. The Morgan fingerprint density at radius 3 is 2.46 bits per heavy atom. The molecule has 2 rings (SSSR count). The highest BCUT2D eigenvalue weighted by molar-refractivity contribution is 7.10. The van der Waals surface area contributed by atoms with Crippen LogP contribution in [0.2, 0.25) is 0 Å². The Labute approximate surface area is 157 Å². The fourth-order valence-corrected chi connectivity index (χ4v) is 3.08. The Hall–Kier alpha value is -2.38. The van der Waals surface area contributed by atoms with Gasteiger partial charge in [-0.1, -0.05) is 26.0 Å². The van der Waals surface area contributed by atoms with Gasteiger partial charge in [0.1, 0.15) is 5.75 Å². The SMILES string of the molecule is COc1ccc(-c2csc(CNC(=O)CNC(=O)[C@@H](N)C(C)C)c2)cc1. The number of hydrogen-bond acceptors (Lipinski definition) is 5. The summed E-state index contributed by atoms with van der Waals surface area (Å²) < 4.78 is 5.16. The molecule has 0 unspecified atom stereocenters. The molecule has 0 aliphatic carbocycles. The zero-order valence-electron chi connectivity index (χ0n) is 15.2. The summed E-state index contributed by atoms with van der Waals surface area (Å²) in [5, 5.41) is 7.41. The lowest BCUT2D eigenvalue weighted by Gasteiger charge is -2.15. The number of benzene rings is 1. The van der Waals surface area contributed by atoms with Gasteiger partial charge in [-0.05, 0) is 40.6 Å². The largest absolute Gasteiger partial charge is 0.497 e. The van der Waals surface area contributed by atoms with E-state index in [2.05, 4.69) is 10.6 Å². The van der Waals surface area contributed by atoms with Crippen LogP contribution in [0.3, 0.4) is 0 Å². The van der Waals surface area contributed by atoms with Crippen molar-refractivity contribution in [2.75, 3.05) is 13.7 Å². The number of methoxy groups -OCH3 is 1. The van der Waals surface area contributed by atoms with Gasteiger partial charge in [-0.25, -0.2) is 0 Å². The summed E-state index contributed by atoms with van der Waals surface area (Å²) >= 11 is 1.58. The monoisotopic (exact) mass is 375 g/mol. The van der Waals surface area contributed by atoms with Crippen molar-refractivity contribution < 1.29 is 14.3 Å². The Morgan fingerprint density at radius 2 is 1.85 bits per heavy atom. The average Bonchev–Trinajstić information content (AvgIpc) is 3.12. The minimum Gasteiger partial charge on any atom is -0.497 e. The first-order valence-corrected chi connectivity index (χ1v) is 9.30. The van der Waals surface area contributed by atoms with E-state index in [4.69, 9.17) is 10.5 Å². The molecule has 2 amide bonds. The molecule has 1 aromatic carbocycles. The van der Waals surface area contributed by atoms with Gasteiger partial charge in [0, 0.05) is 4.88 Å². The molecule has 0 aliphatic heterocycles. The van der Waals surface area contributed by atoms with E-state index in [1.165, 1.54) is 0 Å². The molecule has 1 heterocycles. The predicted molar refractivity (Wildman–Crippen MR) is 104 cm³/mol. The minimum atomic E-state index is -0.604. The molecule has 140 valence electrons. The Morgan fingerprint density at radius 1 is 1.15 bits per heavy atom. The summed E-state index contributed by atoms with van der Waals surface area (Å²) in [4.78, 5) is 24.7. The molecule has 1 aromatic heterocycles. The van der Waals surface area contributed by atoms with Crippen molar-refractivity contribution in [1.82, 2.24) is 10.6 Å². The smallest absolute Gasteiger partial charge is 0.239 e. The number of rotatable bonds is 8. The van der Waals surface area contributed by atoms with E-state index in [1.54, 1.807) is 18.4 Å². The van der Waals surface area contributed by atoms with Gasteiger partial charge in [0.15, 0.2) is 0 Å². The topological polar surface area (TPSA) is 93.5 Å². The van der Waals surface area contributed by atoms with Crippen molar-refractivity contribution in [3.63, 3.8) is 0 Å². The van der Waals surface area contributed by atoms with Gasteiger partial charge in [0.25, 0.3) is 0 Å². The molecule has 7 heteroatoms. The van der Waals surface area contributed by atoms with Crippen molar-refractivity contribution in [3.8, 4) is 16.9 Å². The maximum absolute atomic E-state index is 11.9. The third-order valence-corrected chi connectivity index (χ3v) is 4.92. The van der Waals surface area contributed by atoms with Gasteiger partial charge in [0.2, 0.25) is 11.8 Å². The summed E-state index contributed by atoms with van der Waals surface area (Å²) in [5.74, 6) is 0.290. The Kier molecular flexibility index (Phi) is 7.17. The molecule has 0 spiro atoms. The Bertz CT molecular complexity index is 741. The number of hydrogen-bond donors (Lipinski definition) is 3. The van der Waals surface area contributed by atoms with E-state index in [0.29, 0.717) is 6.54 Å². The Balaban J connectivity index is 1.81. The van der Waals surface area contributed by atoms with Crippen LogP contribution in [0.15, 0.2) is 35.7 Å². The van der Waals surface area contributed by atoms with Crippen LogP contribution in [0, 0.1) is 5.92 Å². The van der Waals surface area contributed by atoms with Crippen LogP contribution in [0.25, 0.3) is 11.1 Å². The maximum atomic E-state index is 11.9. The highest BCUT2D eigenvalue weighted by Gasteiger charge is 2.17. The van der Waals surface area contributed by atoms with Crippen LogP contribution in [0.1, 0.15) is 18.7 Å². The molecule has 0 aliphatic rings. The normalized spacial score (nSPS) is 11.9. The van der Waals surface area contributed by atoms with Crippen LogP contribution >= 0.6 is 11.3 Å². The zero-order chi connectivity index (χ0) is 19.1. The van der Waals surface area contributed by atoms with Crippen LogP contribution in [0.4, 0.5) is 0 Å². The number of thiophene rings is 1. The van der Waals surface area contributed by atoms with E-state index < -0.39 is 6.04 Å². The second-order valence-electron chi connectivity index (χ2n) is 6.29. The molecule has 4 N–H and O–H groups in total. The second-order valence-corrected chi connectivity index (χ2v) is 7.29. The summed E-state index contributed by atoms with van der Waals surface area (Å²) in [6.45, 7) is 4.07. The minimum absolute atomic E-state index is 0.0283. The zero-order valence-corrected chi connectivity index (χ0v) is 16.1. The van der Waals surface area contributed by atoms with Crippen molar-refractivity contribution in [2.24, 2.45) is 11.7 Å². The maximum Gasteiger partial charge on any atom is 0.239 e. The molecule has 1 atom stereocenters. The van der Waals surface area contributed by atoms with Crippen LogP contribution in [-0.2, 0) is 16.1 Å². The van der Waals surface area contributed by atoms with E-state index in [1.807, 2.05) is 49.6 Å². The van der Waals surface area contributed by atoms with Crippen molar-refractivity contribution in [1.29, 1.82) is 0 Å².